The van der Waals surface area contributed by atoms with Crippen molar-refractivity contribution in [2.75, 3.05) is 11.9 Å². The molecule has 4 nitrogen and oxygen atoms in total. The van der Waals surface area contributed by atoms with Crippen LogP contribution < -0.4 is 5.32 Å². The molecule has 0 atom stereocenters. The minimum absolute atomic E-state index is 0.353. The molecule has 3 aromatic rings. The summed E-state index contributed by atoms with van der Waals surface area (Å²) in [6, 6.07) is 11.7. The smallest absolute Gasteiger partial charge is 0.348 e. The predicted molar refractivity (Wildman–Crippen MR) is 105 cm³/mol. The Morgan fingerprint density at radius 2 is 1.71 bits per heavy atom. The first-order valence-corrected chi connectivity index (χ1v) is 9.49. The highest BCUT2D eigenvalue weighted by atomic mass is 32.1. The van der Waals surface area contributed by atoms with Crippen molar-refractivity contribution in [3.8, 4) is 11.1 Å². The van der Waals surface area contributed by atoms with Crippen molar-refractivity contribution in [1.29, 1.82) is 0 Å². The van der Waals surface area contributed by atoms with Crippen LogP contribution in [0.1, 0.15) is 33.4 Å². The number of hydrogen-bond acceptors (Lipinski definition) is 4. The van der Waals surface area contributed by atoms with Crippen LogP contribution in [0.15, 0.2) is 53.9 Å². The molecule has 0 aliphatic carbocycles. The van der Waals surface area contributed by atoms with Crippen LogP contribution in [0.3, 0.4) is 0 Å². The molecule has 1 N–H and O–H groups in total. The lowest BCUT2D eigenvalue weighted by Crippen LogP contribution is -2.15. The summed E-state index contributed by atoms with van der Waals surface area (Å²) in [6.45, 7) is 2.30. The van der Waals surface area contributed by atoms with E-state index in [-0.39, 0.29) is 5.97 Å². The third kappa shape index (κ3) is 4.43. The van der Waals surface area contributed by atoms with E-state index in [1.165, 1.54) is 17.4 Å². The number of esters is 1. The molecule has 7 heteroatoms. The number of ether oxygens (including phenoxy) is 1. The first kappa shape index (κ1) is 19.7. The molecule has 144 valence electrons. The van der Waals surface area contributed by atoms with Gasteiger partial charge in [-0.1, -0.05) is 25.1 Å². The lowest BCUT2D eigenvalue weighted by atomic mass is 10.1. The number of rotatable bonds is 6. The second-order valence-corrected chi connectivity index (χ2v) is 6.87. The summed E-state index contributed by atoms with van der Waals surface area (Å²) in [5.74, 6) is -3.06. The Kier molecular flexibility index (Phi) is 6.16. The van der Waals surface area contributed by atoms with Gasteiger partial charge in [-0.3, -0.25) is 4.79 Å². The van der Waals surface area contributed by atoms with E-state index in [2.05, 4.69) is 5.32 Å². The van der Waals surface area contributed by atoms with Crippen molar-refractivity contribution in [2.45, 2.75) is 13.3 Å². The molecule has 0 fully saturated rings. The van der Waals surface area contributed by atoms with Crippen molar-refractivity contribution < 1.29 is 23.1 Å². The molecule has 1 amide bonds. The number of halogens is 2. The predicted octanol–water partition coefficient (Wildman–Crippen LogP) is 5.51. The van der Waals surface area contributed by atoms with Gasteiger partial charge in [0.2, 0.25) is 0 Å². The van der Waals surface area contributed by atoms with E-state index >= 15 is 0 Å². The van der Waals surface area contributed by atoms with Crippen LogP contribution >= 0.6 is 11.3 Å². The van der Waals surface area contributed by atoms with Crippen molar-refractivity contribution in [3.63, 3.8) is 0 Å². The monoisotopic (exact) mass is 401 g/mol. The van der Waals surface area contributed by atoms with Crippen molar-refractivity contribution in [2.24, 2.45) is 0 Å². The molecule has 3 rings (SSSR count). The molecular formula is C21H17F2NO3S. The lowest BCUT2D eigenvalue weighted by Gasteiger charge is -2.08. The zero-order valence-electron chi connectivity index (χ0n) is 15.0. The summed E-state index contributed by atoms with van der Waals surface area (Å²) < 4.78 is 32.5. The fourth-order valence-corrected chi connectivity index (χ4v) is 3.32. The zero-order valence-corrected chi connectivity index (χ0v) is 15.8. The molecule has 28 heavy (non-hydrogen) atoms. The lowest BCUT2D eigenvalue weighted by molar-refractivity contribution is 0.0510. The Bertz CT molecular complexity index is 979. The van der Waals surface area contributed by atoms with Crippen LogP contribution in [0.4, 0.5) is 14.5 Å². The van der Waals surface area contributed by atoms with Gasteiger partial charge in [0.25, 0.3) is 5.91 Å². The van der Waals surface area contributed by atoms with Crippen LogP contribution in [0.2, 0.25) is 0 Å². The van der Waals surface area contributed by atoms with Crippen molar-refractivity contribution in [1.82, 2.24) is 0 Å². The third-order valence-electron chi connectivity index (χ3n) is 3.90. The fourth-order valence-electron chi connectivity index (χ4n) is 2.51. The van der Waals surface area contributed by atoms with E-state index in [0.29, 0.717) is 17.2 Å². The number of benzene rings is 2. The first-order valence-electron chi connectivity index (χ1n) is 8.61. The summed E-state index contributed by atoms with van der Waals surface area (Å²) >= 11 is 1.29. The molecule has 0 aliphatic heterocycles. The molecule has 1 heterocycles. The third-order valence-corrected chi connectivity index (χ3v) is 4.81. The van der Waals surface area contributed by atoms with Crippen LogP contribution in [-0.2, 0) is 4.74 Å². The van der Waals surface area contributed by atoms with Gasteiger partial charge in [0.15, 0.2) is 0 Å². The number of amides is 1. The van der Waals surface area contributed by atoms with Crippen LogP contribution in [0.5, 0.6) is 0 Å². The van der Waals surface area contributed by atoms with Gasteiger partial charge >= 0.3 is 5.97 Å². The summed E-state index contributed by atoms with van der Waals surface area (Å²) in [5.41, 5.74) is 1.45. The van der Waals surface area contributed by atoms with Crippen molar-refractivity contribution in [3.05, 3.63) is 76.0 Å². The average molecular weight is 401 g/mol. The Morgan fingerprint density at radius 3 is 2.36 bits per heavy atom. The normalized spacial score (nSPS) is 10.5. The molecule has 2 aromatic carbocycles. The van der Waals surface area contributed by atoms with Gasteiger partial charge in [0.05, 0.1) is 6.61 Å². The van der Waals surface area contributed by atoms with Gasteiger partial charge in [-0.05, 0) is 53.3 Å². The second-order valence-electron chi connectivity index (χ2n) is 5.96. The largest absolute Gasteiger partial charge is 0.462 e. The fraction of sp³-hybridized carbons (Fsp3) is 0.143. The highest BCUT2D eigenvalue weighted by Gasteiger charge is 2.17. The van der Waals surface area contributed by atoms with Gasteiger partial charge in [0.1, 0.15) is 22.1 Å². The maximum absolute atomic E-state index is 13.7. The molecular weight excluding hydrogens is 384 g/mol. The summed E-state index contributed by atoms with van der Waals surface area (Å²) in [5, 5.41) is 4.31. The number of hydrogen-bond donors (Lipinski definition) is 1. The van der Waals surface area contributed by atoms with E-state index < -0.39 is 23.1 Å². The molecule has 0 saturated heterocycles. The van der Waals surface area contributed by atoms with Crippen LogP contribution in [-0.4, -0.2) is 18.5 Å². The minimum atomic E-state index is -0.921. The summed E-state index contributed by atoms with van der Waals surface area (Å²) in [4.78, 5) is 24.5. The Labute approximate surface area is 164 Å². The number of nitrogens with one attached hydrogen (secondary N) is 1. The van der Waals surface area contributed by atoms with E-state index in [0.717, 1.165) is 29.7 Å². The molecule has 1 aromatic heterocycles. The standard InChI is InChI=1S/C21H17F2NO3S/c1-2-10-27-21(26)18-11-14(12-28-18)13-6-8-15(9-7-13)24-20(25)19-16(22)4-3-5-17(19)23/h3-9,11-12H,2,10H2,1H3,(H,24,25). The Hall–Kier alpha value is -3.06. The SMILES string of the molecule is CCCOC(=O)c1cc(-c2ccc(NC(=O)c3c(F)cccc3F)cc2)cs1. The highest BCUT2D eigenvalue weighted by Crippen LogP contribution is 2.27. The molecule has 0 radical (unpaired) electrons. The van der Waals surface area contributed by atoms with Gasteiger partial charge in [0, 0.05) is 5.69 Å². The average Bonchev–Trinajstić information content (AvgIpc) is 3.17. The quantitative estimate of drug-likeness (QED) is 0.554. The molecule has 0 unspecified atom stereocenters. The van der Waals surface area contributed by atoms with Gasteiger partial charge < -0.3 is 10.1 Å². The summed E-state index contributed by atoms with van der Waals surface area (Å²) in [7, 11) is 0. The first-order chi connectivity index (χ1) is 13.5. The topological polar surface area (TPSA) is 55.4 Å². The maximum atomic E-state index is 13.7. The highest BCUT2D eigenvalue weighted by molar-refractivity contribution is 7.12. The molecule has 0 bridgehead atoms. The number of carbonyl (C=O) groups excluding carboxylic acids is 2. The molecule has 0 aliphatic rings. The maximum Gasteiger partial charge on any atom is 0.348 e. The van der Waals surface area contributed by atoms with Crippen LogP contribution in [0.25, 0.3) is 11.1 Å². The summed E-state index contributed by atoms with van der Waals surface area (Å²) in [6.07, 6.45) is 0.758. The van der Waals surface area contributed by atoms with Gasteiger partial charge in [-0.2, -0.15) is 0 Å². The van der Waals surface area contributed by atoms with E-state index in [9.17, 15) is 18.4 Å². The Balaban J connectivity index is 1.71. The second kappa shape index (κ2) is 8.75. The van der Waals surface area contributed by atoms with E-state index in [1.54, 1.807) is 30.3 Å². The molecule has 0 spiro atoms. The van der Waals surface area contributed by atoms with Gasteiger partial charge in [-0.15, -0.1) is 11.3 Å². The zero-order chi connectivity index (χ0) is 20.1. The number of carbonyl (C=O) groups is 2. The van der Waals surface area contributed by atoms with E-state index in [1.807, 2.05) is 12.3 Å². The van der Waals surface area contributed by atoms with Crippen LogP contribution in [0, 0.1) is 11.6 Å². The van der Waals surface area contributed by atoms with Gasteiger partial charge in [-0.25, -0.2) is 13.6 Å². The Morgan fingerprint density at radius 1 is 1.04 bits per heavy atom. The molecule has 0 saturated carbocycles. The number of thiophene rings is 1. The number of anilines is 1. The van der Waals surface area contributed by atoms with E-state index in [4.69, 9.17) is 4.74 Å². The minimum Gasteiger partial charge on any atom is -0.462 e. The van der Waals surface area contributed by atoms with Crippen molar-refractivity contribution >= 4 is 28.9 Å².